The standard InChI is InChI=1S/C9H10F3N2/c1-14(2)8-5-6(9(10,11)12)3-4-7(8)13/h3-5H,1,13H2,2H3/q+1. The van der Waals surface area contributed by atoms with Gasteiger partial charge in [-0.1, -0.05) is 0 Å². The topological polar surface area (TPSA) is 29.0 Å². The van der Waals surface area contributed by atoms with E-state index >= 15 is 0 Å². The Morgan fingerprint density at radius 1 is 1.36 bits per heavy atom. The average molecular weight is 203 g/mol. The first kappa shape index (κ1) is 10.6. The van der Waals surface area contributed by atoms with E-state index in [9.17, 15) is 13.2 Å². The van der Waals surface area contributed by atoms with Gasteiger partial charge in [-0.3, -0.25) is 0 Å². The molecule has 14 heavy (non-hydrogen) atoms. The summed E-state index contributed by atoms with van der Waals surface area (Å²) in [6.07, 6.45) is -4.35. The molecule has 0 aromatic heterocycles. The summed E-state index contributed by atoms with van der Waals surface area (Å²) in [6.45, 7) is 3.48. The van der Waals surface area contributed by atoms with Crippen molar-refractivity contribution in [2.24, 2.45) is 0 Å². The molecule has 2 nitrogen and oxygen atoms in total. The summed E-state index contributed by atoms with van der Waals surface area (Å²) < 4.78 is 38.1. The Kier molecular flexibility index (Phi) is 2.51. The highest BCUT2D eigenvalue weighted by molar-refractivity contribution is 5.60. The average Bonchev–Trinajstić information content (AvgIpc) is 2.02. The lowest BCUT2D eigenvalue weighted by Crippen LogP contribution is -2.07. The van der Waals surface area contributed by atoms with Crippen molar-refractivity contribution < 1.29 is 17.7 Å². The van der Waals surface area contributed by atoms with Crippen molar-refractivity contribution in [2.75, 3.05) is 12.8 Å². The number of halogens is 3. The molecule has 5 heteroatoms. The number of rotatable bonds is 1. The zero-order chi connectivity index (χ0) is 10.9. The summed E-state index contributed by atoms with van der Waals surface area (Å²) >= 11 is 0. The molecule has 1 aromatic carbocycles. The monoisotopic (exact) mass is 203 g/mol. The van der Waals surface area contributed by atoms with Gasteiger partial charge in [0.2, 0.25) is 5.69 Å². The van der Waals surface area contributed by atoms with Crippen LogP contribution in [0, 0.1) is 0 Å². The Bertz CT molecular complexity index is 369. The minimum atomic E-state index is -4.35. The zero-order valence-corrected chi connectivity index (χ0v) is 7.60. The van der Waals surface area contributed by atoms with Crippen molar-refractivity contribution in [3.8, 4) is 0 Å². The van der Waals surface area contributed by atoms with E-state index in [-0.39, 0.29) is 11.4 Å². The second kappa shape index (κ2) is 3.32. The van der Waals surface area contributed by atoms with Crippen molar-refractivity contribution in [1.82, 2.24) is 0 Å². The van der Waals surface area contributed by atoms with Gasteiger partial charge in [-0.15, -0.1) is 0 Å². The van der Waals surface area contributed by atoms with Gasteiger partial charge in [0.1, 0.15) is 19.5 Å². The van der Waals surface area contributed by atoms with Crippen LogP contribution < -0.4 is 5.73 Å². The number of hydrogen-bond donors (Lipinski definition) is 1. The molecule has 0 atom stereocenters. The van der Waals surface area contributed by atoms with E-state index in [1.165, 1.54) is 17.7 Å². The van der Waals surface area contributed by atoms with Crippen LogP contribution >= 0.6 is 0 Å². The van der Waals surface area contributed by atoms with Crippen LogP contribution in [0.3, 0.4) is 0 Å². The fourth-order valence-corrected chi connectivity index (χ4v) is 1.05. The van der Waals surface area contributed by atoms with Crippen LogP contribution in [0.5, 0.6) is 0 Å². The molecule has 0 aliphatic carbocycles. The number of nitrogen functional groups attached to an aromatic ring is 1. The van der Waals surface area contributed by atoms with Crippen LogP contribution in [-0.2, 0) is 6.18 Å². The molecule has 2 N–H and O–H groups in total. The van der Waals surface area contributed by atoms with Crippen LogP contribution in [0.15, 0.2) is 18.2 Å². The fraction of sp³-hybridized carbons (Fsp3) is 0.222. The molecule has 1 rings (SSSR count). The summed E-state index contributed by atoms with van der Waals surface area (Å²) in [5.74, 6) is 0. The molecule has 0 radical (unpaired) electrons. The van der Waals surface area contributed by atoms with Gasteiger partial charge in [0.05, 0.1) is 5.56 Å². The van der Waals surface area contributed by atoms with Crippen molar-refractivity contribution in [1.29, 1.82) is 0 Å². The van der Waals surface area contributed by atoms with Gasteiger partial charge >= 0.3 is 6.18 Å². The molecular weight excluding hydrogens is 193 g/mol. The molecular formula is C9H10F3N2+. The third-order valence-corrected chi connectivity index (χ3v) is 1.77. The predicted molar refractivity (Wildman–Crippen MR) is 48.8 cm³/mol. The lowest BCUT2D eigenvalue weighted by Gasteiger charge is -2.07. The van der Waals surface area contributed by atoms with Crippen molar-refractivity contribution in [3.05, 3.63) is 23.8 Å². The molecule has 0 aliphatic rings. The van der Waals surface area contributed by atoms with Crippen molar-refractivity contribution in [3.63, 3.8) is 0 Å². The van der Waals surface area contributed by atoms with Crippen LogP contribution in [0.1, 0.15) is 5.56 Å². The molecule has 0 bridgehead atoms. The first-order valence-corrected chi connectivity index (χ1v) is 3.83. The highest BCUT2D eigenvalue weighted by atomic mass is 19.4. The van der Waals surface area contributed by atoms with E-state index in [4.69, 9.17) is 5.73 Å². The van der Waals surface area contributed by atoms with Gasteiger partial charge in [0.25, 0.3) is 0 Å². The number of nitrogens with two attached hydrogens (primary N) is 1. The smallest absolute Gasteiger partial charge is 0.393 e. The number of alkyl halides is 3. The fourth-order valence-electron chi connectivity index (χ4n) is 1.05. The molecule has 0 saturated heterocycles. The Labute approximate surface area is 79.5 Å². The molecule has 76 valence electrons. The van der Waals surface area contributed by atoms with Crippen LogP contribution in [0.25, 0.3) is 0 Å². The first-order valence-electron chi connectivity index (χ1n) is 3.83. The Morgan fingerprint density at radius 3 is 2.36 bits per heavy atom. The number of hydrogen-bond acceptors (Lipinski definition) is 1. The Morgan fingerprint density at radius 2 is 1.93 bits per heavy atom. The Hall–Kier alpha value is -1.52. The Balaban J connectivity index is 3.27. The number of benzene rings is 1. The highest BCUT2D eigenvalue weighted by Gasteiger charge is 2.31. The predicted octanol–water partition coefficient (Wildman–Crippen LogP) is 2.26. The second-order valence-electron chi connectivity index (χ2n) is 2.97. The maximum Gasteiger partial charge on any atom is 0.416 e. The normalized spacial score (nSPS) is 11.4. The van der Waals surface area contributed by atoms with E-state index in [1.807, 2.05) is 0 Å². The van der Waals surface area contributed by atoms with Crippen molar-refractivity contribution >= 4 is 18.1 Å². The molecule has 0 fully saturated rings. The molecule has 0 amide bonds. The van der Waals surface area contributed by atoms with E-state index < -0.39 is 11.7 Å². The summed E-state index contributed by atoms with van der Waals surface area (Å²) in [6, 6.07) is 3.14. The van der Waals surface area contributed by atoms with Gasteiger partial charge in [0.15, 0.2) is 0 Å². The minimum Gasteiger partial charge on any atom is -0.393 e. The van der Waals surface area contributed by atoms with Gasteiger partial charge < -0.3 is 5.73 Å². The van der Waals surface area contributed by atoms with Gasteiger partial charge in [-0.05, 0) is 12.1 Å². The maximum atomic E-state index is 12.3. The molecule has 0 unspecified atom stereocenters. The van der Waals surface area contributed by atoms with Crippen LogP contribution in [0.2, 0.25) is 0 Å². The molecule has 0 aliphatic heterocycles. The van der Waals surface area contributed by atoms with Crippen LogP contribution in [0.4, 0.5) is 24.5 Å². The lowest BCUT2D eigenvalue weighted by molar-refractivity contribution is -0.393. The lowest BCUT2D eigenvalue weighted by atomic mass is 10.1. The second-order valence-corrected chi connectivity index (χ2v) is 2.97. The number of nitrogens with zero attached hydrogens (tertiary/aromatic N) is 1. The quantitative estimate of drug-likeness (QED) is 0.423. The molecule has 0 heterocycles. The summed E-state index contributed by atoms with van der Waals surface area (Å²) in [4.78, 5) is 0. The van der Waals surface area contributed by atoms with Crippen molar-refractivity contribution in [2.45, 2.75) is 6.18 Å². The summed E-state index contributed by atoms with van der Waals surface area (Å²) in [5, 5.41) is 0. The van der Waals surface area contributed by atoms with Crippen LogP contribution in [-0.4, -0.2) is 18.3 Å². The summed E-state index contributed by atoms with van der Waals surface area (Å²) in [5.41, 5.74) is 5.30. The molecule has 1 aromatic rings. The highest BCUT2D eigenvalue weighted by Crippen LogP contribution is 2.33. The maximum absolute atomic E-state index is 12.3. The third-order valence-electron chi connectivity index (χ3n) is 1.77. The number of anilines is 1. The first-order chi connectivity index (χ1) is 6.32. The van der Waals surface area contributed by atoms with Gasteiger partial charge in [-0.2, -0.15) is 13.2 Å². The van der Waals surface area contributed by atoms with Gasteiger partial charge in [0, 0.05) is 6.07 Å². The molecule has 0 saturated carbocycles. The third kappa shape index (κ3) is 2.04. The van der Waals surface area contributed by atoms with E-state index in [1.54, 1.807) is 0 Å². The van der Waals surface area contributed by atoms with E-state index in [0.29, 0.717) is 0 Å². The summed E-state index contributed by atoms with van der Waals surface area (Å²) in [7, 11) is 1.53. The minimum absolute atomic E-state index is 0.264. The van der Waals surface area contributed by atoms with E-state index in [0.717, 1.165) is 12.1 Å². The van der Waals surface area contributed by atoms with Gasteiger partial charge in [-0.25, -0.2) is 4.58 Å². The zero-order valence-electron chi connectivity index (χ0n) is 7.60. The SMILES string of the molecule is C=[N+](C)c1cc(C(F)(F)F)ccc1N. The molecule has 0 spiro atoms. The van der Waals surface area contributed by atoms with E-state index in [2.05, 4.69) is 6.72 Å². The largest absolute Gasteiger partial charge is 0.416 e.